The fraction of sp³-hybridized carbons (Fsp3) is 0.455. The third-order valence-corrected chi connectivity index (χ3v) is 2.50. The lowest BCUT2D eigenvalue weighted by molar-refractivity contribution is -0.120. The minimum absolute atomic E-state index is 0.0434. The zero-order valence-electron chi connectivity index (χ0n) is 8.87. The van der Waals surface area contributed by atoms with E-state index in [1.165, 1.54) is 0 Å². The molecule has 15 heavy (non-hydrogen) atoms. The molecular weight excluding hydrogens is 214 g/mol. The molecule has 1 rings (SSSR count). The number of rotatable bonds is 5. The summed E-state index contributed by atoms with van der Waals surface area (Å²) >= 11 is 5.89. The van der Waals surface area contributed by atoms with Crippen molar-refractivity contribution in [1.29, 1.82) is 0 Å². The SMILES string of the molecule is COC(C)CC(=O)Cc1ccncc1Cl. The van der Waals surface area contributed by atoms with Gasteiger partial charge in [0.2, 0.25) is 0 Å². The summed E-state index contributed by atoms with van der Waals surface area (Å²) in [7, 11) is 1.59. The fourth-order valence-electron chi connectivity index (χ4n) is 1.24. The van der Waals surface area contributed by atoms with Gasteiger partial charge in [-0.25, -0.2) is 0 Å². The van der Waals surface area contributed by atoms with Gasteiger partial charge in [-0.3, -0.25) is 9.78 Å². The molecule has 0 aliphatic rings. The van der Waals surface area contributed by atoms with Gasteiger partial charge < -0.3 is 4.74 Å². The van der Waals surface area contributed by atoms with Gasteiger partial charge in [0, 0.05) is 32.3 Å². The molecule has 0 fully saturated rings. The number of hydrogen-bond donors (Lipinski definition) is 0. The minimum atomic E-state index is -0.0434. The van der Waals surface area contributed by atoms with Gasteiger partial charge in [0.15, 0.2) is 0 Å². The number of carbonyl (C=O) groups excluding carboxylic acids is 1. The molecule has 0 aliphatic heterocycles. The van der Waals surface area contributed by atoms with Crippen molar-refractivity contribution in [1.82, 2.24) is 4.98 Å². The largest absolute Gasteiger partial charge is 0.381 e. The van der Waals surface area contributed by atoms with E-state index in [1.807, 2.05) is 6.92 Å². The lowest BCUT2D eigenvalue weighted by Gasteiger charge is -2.08. The monoisotopic (exact) mass is 227 g/mol. The minimum Gasteiger partial charge on any atom is -0.381 e. The number of methoxy groups -OCH3 is 1. The van der Waals surface area contributed by atoms with Crippen molar-refractivity contribution in [2.75, 3.05) is 7.11 Å². The molecule has 4 heteroatoms. The Hall–Kier alpha value is -0.930. The first-order chi connectivity index (χ1) is 7.13. The normalized spacial score (nSPS) is 12.5. The van der Waals surface area contributed by atoms with Crippen LogP contribution in [0.3, 0.4) is 0 Å². The number of aromatic nitrogens is 1. The predicted octanol–water partition coefficient (Wildman–Crippen LogP) is 2.27. The standard InChI is InChI=1S/C11H14ClNO2/c1-8(15-2)5-10(14)6-9-3-4-13-7-11(9)12/h3-4,7-8H,5-6H2,1-2H3. The van der Waals surface area contributed by atoms with E-state index < -0.39 is 0 Å². The molecular formula is C11H14ClNO2. The van der Waals surface area contributed by atoms with Crippen LogP contribution < -0.4 is 0 Å². The van der Waals surface area contributed by atoms with Crippen molar-refractivity contribution >= 4 is 17.4 Å². The summed E-state index contributed by atoms with van der Waals surface area (Å²) in [4.78, 5) is 15.4. The number of pyridine rings is 1. The Balaban J connectivity index is 2.55. The number of carbonyl (C=O) groups is 1. The van der Waals surface area contributed by atoms with Gasteiger partial charge in [-0.2, -0.15) is 0 Å². The molecule has 1 heterocycles. The predicted molar refractivity (Wildman–Crippen MR) is 59.0 cm³/mol. The highest BCUT2D eigenvalue weighted by atomic mass is 35.5. The molecule has 3 nitrogen and oxygen atoms in total. The van der Waals surface area contributed by atoms with Crippen LogP contribution in [0.2, 0.25) is 5.02 Å². The number of ketones is 1. The number of ether oxygens (including phenoxy) is 1. The Kier molecular flexibility index (Phi) is 4.72. The Morgan fingerprint density at radius 2 is 2.40 bits per heavy atom. The zero-order valence-corrected chi connectivity index (χ0v) is 9.62. The van der Waals surface area contributed by atoms with Gasteiger partial charge in [0.05, 0.1) is 11.1 Å². The van der Waals surface area contributed by atoms with E-state index in [-0.39, 0.29) is 11.9 Å². The van der Waals surface area contributed by atoms with E-state index in [0.717, 1.165) is 5.56 Å². The maximum atomic E-state index is 11.6. The Bertz CT molecular complexity index is 341. The van der Waals surface area contributed by atoms with Gasteiger partial charge in [0.25, 0.3) is 0 Å². The molecule has 0 saturated carbocycles. The summed E-state index contributed by atoms with van der Waals surface area (Å²) in [6.45, 7) is 1.87. The number of halogens is 1. The average molecular weight is 228 g/mol. The van der Waals surface area contributed by atoms with E-state index >= 15 is 0 Å². The van der Waals surface area contributed by atoms with E-state index in [9.17, 15) is 4.79 Å². The van der Waals surface area contributed by atoms with Gasteiger partial charge in [-0.1, -0.05) is 11.6 Å². The molecule has 0 radical (unpaired) electrons. The summed E-state index contributed by atoms with van der Waals surface area (Å²) in [5, 5.41) is 0.538. The number of nitrogens with zero attached hydrogens (tertiary/aromatic N) is 1. The van der Waals surface area contributed by atoms with Gasteiger partial charge in [-0.05, 0) is 18.6 Å². The second-order valence-corrected chi connectivity index (χ2v) is 3.84. The van der Waals surface area contributed by atoms with Crippen LogP contribution in [-0.2, 0) is 16.0 Å². The van der Waals surface area contributed by atoms with E-state index in [4.69, 9.17) is 16.3 Å². The van der Waals surface area contributed by atoms with Gasteiger partial charge in [0.1, 0.15) is 5.78 Å². The van der Waals surface area contributed by atoms with Crippen LogP contribution in [-0.4, -0.2) is 24.0 Å². The first kappa shape index (κ1) is 12.1. The highest BCUT2D eigenvalue weighted by molar-refractivity contribution is 6.31. The summed E-state index contributed by atoms with van der Waals surface area (Å²) in [6.07, 6.45) is 3.89. The molecule has 0 spiro atoms. The molecule has 0 saturated heterocycles. The van der Waals surface area contributed by atoms with Crippen molar-refractivity contribution < 1.29 is 9.53 Å². The van der Waals surface area contributed by atoms with Crippen LogP contribution in [0.25, 0.3) is 0 Å². The van der Waals surface area contributed by atoms with Crippen LogP contribution in [0.15, 0.2) is 18.5 Å². The second kappa shape index (κ2) is 5.83. The highest BCUT2D eigenvalue weighted by Crippen LogP contribution is 2.15. The Labute approximate surface area is 94.4 Å². The third kappa shape index (κ3) is 3.98. The molecule has 1 aromatic heterocycles. The number of Topliss-reactive ketones (excluding diaryl/α,β-unsaturated/α-hetero) is 1. The molecule has 0 amide bonds. The molecule has 1 unspecified atom stereocenters. The second-order valence-electron chi connectivity index (χ2n) is 3.43. The van der Waals surface area contributed by atoms with Crippen LogP contribution in [0, 0.1) is 0 Å². The molecule has 0 aromatic carbocycles. The van der Waals surface area contributed by atoms with E-state index in [0.29, 0.717) is 17.9 Å². The molecule has 0 N–H and O–H groups in total. The van der Waals surface area contributed by atoms with Crippen LogP contribution in [0.1, 0.15) is 18.9 Å². The third-order valence-electron chi connectivity index (χ3n) is 2.16. The highest BCUT2D eigenvalue weighted by Gasteiger charge is 2.10. The van der Waals surface area contributed by atoms with Gasteiger partial charge >= 0.3 is 0 Å². The van der Waals surface area contributed by atoms with Crippen LogP contribution in [0.5, 0.6) is 0 Å². The van der Waals surface area contributed by atoms with E-state index in [2.05, 4.69) is 4.98 Å². The zero-order chi connectivity index (χ0) is 11.3. The van der Waals surface area contributed by atoms with Crippen molar-refractivity contribution in [3.05, 3.63) is 29.0 Å². The maximum absolute atomic E-state index is 11.6. The van der Waals surface area contributed by atoms with Crippen LogP contribution >= 0.6 is 11.6 Å². The Morgan fingerprint density at radius 1 is 1.67 bits per heavy atom. The van der Waals surface area contributed by atoms with Crippen molar-refractivity contribution in [2.24, 2.45) is 0 Å². The average Bonchev–Trinajstić information content (AvgIpc) is 2.21. The molecule has 0 aliphatic carbocycles. The van der Waals surface area contributed by atoms with Crippen molar-refractivity contribution in [3.8, 4) is 0 Å². The molecule has 1 atom stereocenters. The van der Waals surface area contributed by atoms with Crippen LogP contribution in [0.4, 0.5) is 0 Å². The first-order valence-corrected chi connectivity index (χ1v) is 5.14. The number of hydrogen-bond acceptors (Lipinski definition) is 3. The summed E-state index contributed by atoms with van der Waals surface area (Å²) in [6, 6.07) is 1.76. The van der Waals surface area contributed by atoms with Crippen molar-refractivity contribution in [3.63, 3.8) is 0 Å². The summed E-state index contributed by atoms with van der Waals surface area (Å²) in [5.74, 6) is 0.123. The molecule has 1 aromatic rings. The quantitative estimate of drug-likeness (QED) is 0.775. The fourth-order valence-corrected chi connectivity index (χ4v) is 1.42. The first-order valence-electron chi connectivity index (χ1n) is 4.76. The smallest absolute Gasteiger partial charge is 0.139 e. The topological polar surface area (TPSA) is 39.2 Å². The maximum Gasteiger partial charge on any atom is 0.139 e. The van der Waals surface area contributed by atoms with Crippen molar-refractivity contribution in [2.45, 2.75) is 25.9 Å². The lowest BCUT2D eigenvalue weighted by atomic mass is 10.1. The van der Waals surface area contributed by atoms with Gasteiger partial charge in [-0.15, -0.1) is 0 Å². The Morgan fingerprint density at radius 3 is 3.00 bits per heavy atom. The lowest BCUT2D eigenvalue weighted by Crippen LogP contribution is -2.14. The summed E-state index contributed by atoms with van der Waals surface area (Å²) in [5.41, 5.74) is 0.819. The molecule has 0 bridgehead atoms. The van der Waals surface area contributed by atoms with E-state index in [1.54, 1.807) is 25.6 Å². The molecule has 82 valence electrons. The summed E-state index contributed by atoms with van der Waals surface area (Å²) < 4.78 is 5.02.